The molecule has 33 heavy (non-hydrogen) atoms. The van der Waals surface area contributed by atoms with Gasteiger partial charge in [0.05, 0.1) is 0 Å². The number of ether oxygens (including phenoxy) is 1. The molecule has 2 aromatic carbocycles. The maximum absolute atomic E-state index is 12.2. The summed E-state index contributed by atoms with van der Waals surface area (Å²) >= 11 is 0. The number of carbonyl (C=O) groups is 2. The van der Waals surface area contributed by atoms with Gasteiger partial charge in [-0.3, -0.25) is 14.8 Å². The van der Waals surface area contributed by atoms with Gasteiger partial charge < -0.3 is 15.0 Å². The van der Waals surface area contributed by atoms with Gasteiger partial charge >= 0.3 is 0 Å². The lowest BCUT2D eigenvalue weighted by molar-refractivity contribution is -0.136. The van der Waals surface area contributed by atoms with Gasteiger partial charge in [0, 0.05) is 31.4 Å². The number of nitrogens with one attached hydrogen (secondary N) is 2. The Hall–Kier alpha value is -2.90. The molecule has 0 aliphatic carbocycles. The van der Waals surface area contributed by atoms with E-state index in [9.17, 15) is 9.59 Å². The van der Waals surface area contributed by atoms with E-state index in [0.29, 0.717) is 18.6 Å². The van der Waals surface area contributed by atoms with E-state index in [1.165, 1.54) is 5.57 Å². The maximum atomic E-state index is 12.2. The number of hydrogen-bond donors (Lipinski definition) is 3. The van der Waals surface area contributed by atoms with E-state index in [1.807, 2.05) is 47.4 Å². The van der Waals surface area contributed by atoms with Gasteiger partial charge in [-0.15, -0.1) is 0 Å². The van der Waals surface area contributed by atoms with Crippen LogP contribution in [0.1, 0.15) is 45.4 Å². The van der Waals surface area contributed by atoms with Crippen molar-refractivity contribution in [2.45, 2.75) is 51.6 Å². The number of hydrogen-bond acceptors (Lipinski definition) is 5. The molecule has 1 heterocycles. The Bertz CT molecular complexity index is 954. The van der Waals surface area contributed by atoms with Gasteiger partial charge in [-0.25, -0.2) is 5.48 Å². The predicted molar refractivity (Wildman–Crippen MR) is 129 cm³/mol. The highest BCUT2D eigenvalue weighted by molar-refractivity contribution is 5.89. The zero-order chi connectivity index (χ0) is 23.5. The lowest BCUT2D eigenvalue weighted by Gasteiger charge is -2.18. The lowest BCUT2D eigenvalue weighted by Crippen LogP contribution is -2.36. The number of unbranched alkanes of at least 4 members (excludes halogenated alkanes) is 1. The largest absolute Gasteiger partial charge is 0.480 e. The SMILES string of the molecule is CC(=CCCC[C@H](Oc1cccc2ccccc12)C(=O)NO)CNCCCN1CCCC1=O. The van der Waals surface area contributed by atoms with Crippen LogP contribution in [0, 0.1) is 0 Å². The first-order valence-corrected chi connectivity index (χ1v) is 11.8. The Morgan fingerprint density at radius 1 is 1.21 bits per heavy atom. The average molecular weight is 454 g/mol. The van der Waals surface area contributed by atoms with E-state index < -0.39 is 12.0 Å². The fourth-order valence-corrected chi connectivity index (χ4v) is 4.11. The van der Waals surface area contributed by atoms with Gasteiger partial charge in [0.25, 0.3) is 5.91 Å². The standard InChI is InChI=1S/C26H35N3O4/c1-20(19-27-16-8-18-29-17-7-15-25(29)30)9-2-5-13-24(26(31)28-32)33-23-14-6-11-21-10-3-4-12-22(21)23/h3-4,6,9-12,14,24,27,32H,2,5,7-8,13,15-19H2,1H3,(H,28,31)/t24-/m0/s1. The van der Waals surface area contributed by atoms with Gasteiger partial charge in [0.1, 0.15) is 5.75 Å². The second-order valence-electron chi connectivity index (χ2n) is 8.56. The predicted octanol–water partition coefficient (Wildman–Crippen LogP) is 3.81. The number of hydroxylamine groups is 1. The Morgan fingerprint density at radius 2 is 2.03 bits per heavy atom. The van der Waals surface area contributed by atoms with Gasteiger partial charge in [-0.1, -0.05) is 48.0 Å². The summed E-state index contributed by atoms with van der Waals surface area (Å²) in [5.74, 6) is 0.374. The third-order valence-electron chi connectivity index (χ3n) is 5.94. The summed E-state index contributed by atoms with van der Waals surface area (Å²) in [6.45, 7) is 5.51. The van der Waals surface area contributed by atoms with Crippen LogP contribution in [-0.4, -0.2) is 54.2 Å². The van der Waals surface area contributed by atoms with E-state index in [-0.39, 0.29) is 5.91 Å². The van der Waals surface area contributed by atoms with E-state index >= 15 is 0 Å². The van der Waals surface area contributed by atoms with Gasteiger partial charge in [-0.05, 0) is 57.0 Å². The van der Waals surface area contributed by atoms with Crippen molar-refractivity contribution < 1.29 is 19.5 Å². The highest BCUT2D eigenvalue weighted by Gasteiger charge is 2.20. The van der Waals surface area contributed by atoms with Gasteiger partial charge in [0.2, 0.25) is 5.91 Å². The second kappa shape index (κ2) is 13.0. The van der Waals surface area contributed by atoms with Crippen molar-refractivity contribution in [1.29, 1.82) is 0 Å². The molecule has 7 heteroatoms. The summed E-state index contributed by atoms with van der Waals surface area (Å²) in [6.07, 6.45) is 6.13. The molecule has 2 amide bonds. The van der Waals surface area contributed by atoms with Crippen LogP contribution in [0.4, 0.5) is 0 Å². The number of likely N-dealkylation sites (tertiary alicyclic amines) is 1. The third kappa shape index (κ3) is 7.58. The van der Waals surface area contributed by atoms with E-state index in [1.54, 1.807) is 5.48 Å². The summed E-state index contributed by atoms with van der Waals surface area (Å²) in [4.78, 5) is 25.7. The monoisotopic (exact) mass is 453 g/mol. The fourth-order valence-electron chi connectivity index (χ4n) is 4.11. The lowest BCUT2D eigenvalue weighted by atomic mass is 10.1. The van der Waals surface area contributed by atoms with Crippen molar-refractivity contribution in [3.63, 3.8) is 0 Å². The molecule has 0 bridgehead atoms. The normalized spacial score (nSPS) is 15.2. The fraction of sp³-hybridized carbons (Fsp3) is 0.462. The Kier molecular flexibility index (Phi) is 9.72. The molecule has 1 fully saturated rings. The summed E-state index contributed by atoms with van der Waals surface area (Å²) in [6, 6.07) is 13.6. The summed E-state index contributed by atoms with van der Waals surface area (Å²) < 4.78 is 6.00. The topological polar surface area (TPSA) is 90.9 Å². The molecule has 0 aromatic heterocycles. The van der Waals surface area contributed by atoms with Crippen molar-refractivity contribution in [1.82, 2.24) is 15.7 Å². The minimum absolute atomic E-state index is 0.281. The minimum Gasteiger partial charge on any atom is -0.480 e. The first-order chi connectivity index (χ1) is 16.1. The highest BCUT2D eigenvalue weighted by Crippen LogP contribution is 2.27. The number of allylic oxidation sites excluding steroid dienone is 1. The first-order valence-electron chi connectivity index (χ1n) is 11.8. The molecular formula is C26H35N3O4. The third-order valence-corrected chi connectivity index (χ3v) is 5.94. The van der Waals surface area contributed by atoms with E-state index in [4.69, 9.17) is 9.94 Å². The Morgan fingerprint density at radius 3 is 2.82 bits per heavy atom. The van der Waals surface area contributed by atoms with Gasteiger partial charge in [-0.2, -0.15) is 0 Å². The van der Waals surface area contributed by atoms with Crippen molar-refractivity contribution in [3.8, 4) is 5.75 Å². The summed E-state index contributed by atoms with van der Waals surface area (Å²) in [7, 11) is 0. The van der Waals surface area contributed by atoms with Crippen LogP contribution < -0.4 is 15.5 Å². The van der Waals surface area contributed by atoms with Crippen molar-refractivity contribution in [2.75, 3.05) is 26.2 Å². The molecule has 0 radical (unpaired) electrons. The molecule has 3 N–H and O–H groups in total. The smallest absolute Gasteiger partial charge is 0.284 e. The molecule has 2 aromatic rings. The number of carbonyl (C=O) groups excluding carboxylic acids is 2. The number of nitrogens with zero attached hydrogens (tertiary/aromatic N) is 1. The number of benzene rings is 2. The Balaban J connectivity index is 1.40. The average Bonchev–Trinajstić information content (AvgIpc) is 3.24. The molecule has 3 rings (SSSR count). The molecule has 1 atom stereocenters. The number of fused-ring (bicyclic) bond motifs is 1. The van der Waals surface area contributed by atoms with Crippen LogP contribution in [0.3, 0.4) is 0 Å². The molecule has 1 saturated heterocycles. The summed E-state index contributed by atoms with van der Waals surface area (Å²) in [5.41, 5.74) is 2.97. The quantitative estimate of drug-likeness (QED) is 0.186. The number of rotatable bonds is 13. The van der Waals surface area contributed by atoms with Crippen molar-refractivity contribution >= 4 is 22.6 Å². The van der Waals surface area contributed by atoms with E-state index in [2.05, 4.69) is 18.3 Å². The zero-order valence-electron chi connectivity index (χ0n) is 19.4. The zero-order valence-corrected chi connectivity index (χ0v) is 19.4. The van der Waals surface area contributed by atoms with Crippen LogP contribution in [-0.2, 0) is 9.59 Å². The molecule has 1 aliphatic heterocycles. The van der Waals surface area contributed by atoms with E-state index in [0.717, 1.165) is 62.6 Å². The summed E-state index contributed by atoms with van der Waals surface area (Å²) in [5, 5.41) is 14.5. The van der Waals surface area contributed by atoms with Crippen molar-refractivity contribution in [3.05, 3.63) is 54.1 Å². The molecule has 0 spiro atoms. The Labute approximate surface area is 195 Å². The molecule has 0 saturated carbocycles. The van der Waals surface area contributed by atoms with Crippen LogP contribution in [0.15, 0.2) is 54.1 Å². The molecule has 0 unspecified atom stereocenters. The molecule has 1 aliphatic rings. The van der Waals surface area contributed by atoms with Crippen LogP contribution in [0.2, 0.25) is 0 Å². The highest BCUT2D eigenvalue weighted by atomic mass is 16.5. The van der Waals surface area contributed by atoms with Gasteiger partial charge in [0.15, 0.2) is 6.10 Å². The minimum atomic E-state index is -0.763. The number of amides is 2. The molecular weight excluding hydrogens is 418 g/mol. The first kappa shape index (κ1) is 24.7. The second-order valence-corrected chi connectivity index (χ2v) is 8.56. The van der Waals surface area contributed by atoms with Crippen LogP contribution in [0.25, 0.3) is 10.8 Å². The molecule has 7 nitrogen and oxygen atoms in total. The van der Waals surface area contributed by atoms with Crippen LogP contribution in [0.5, 0.6) is 5.75 Å². The maximum Gasteiger partial charge on any atom is 0.284 e. The molecule has 178 valence electrons. The van der Waals surface area contributed by atoms with Crippen molar-refractivity contribution in [2.24, 2.45) is 0 Å². The van der Waals surface area contributed by atoms with Crippen LogP contribution >= 0.6 is 0 Å².